The van der Waals surface area contributed by atoms with Crippen LogP contribution >= 0.6 is 0 Å². The van der Waals surface area contributed by atoms with Gasteiger partial charge in [-0.05, 0) is 23.8 Å². The summed E-state index contributed by atoms with van der Waals surface area (Å²) >= 11 is 0. The highest BCUT2D eigenvalue weighted by Crippen LogP contribution is 2.22. The van der Waals surface area contributed by atoms with Gasteiger partial charge in [0.1, 0.15) is 11.6 Å². The molecule has 5 heteroatoms. The highest BCUT2D eigenvalue weighted by Gasteiger charge is 2.16. The second-order valence-electron chi connectivity index (χ2n) is 4.07. The van der Waals surface area contributed by atoms with Crippen molar-refractivity contribution in [2.45, 2.75) is 13.0 Å². The third-order valence-electron chi connectivity index (χ3n) is 2.71. The lowest BCUT2D eigenvalue weighted by Gasteiger charge is -2.09. The van der Waals surface area contributed by atoms with Gasteiger partial charge in [0.05, 0.1) is 5.56 Å². The van der Waals surface area contributed by atoms with Crippen LogP contribution in [0.3, 0.4) is 0 Å². The summed E-state index contributed by atoms with van der Waals surface area (Å²) in [6, 6.07) is 11.5. The third kappa shape index (κ3) is 3.38. The first-order chi connectivity index (χ1) is 9.58. The molecule has 0 aliphatic rings. The Balaban J connectivity index is 2.23. The number of hydrogen-bond acceptors (Lipinski definition) is 2. The normalized spacial score (nSPS) is 10.6. The van der Waals surface area contributed by atoms with E-state index in [1.54, 1.807) is 6.07 Å². The van der Waals surface area contributed by atoms with Gasteiger partial charge in [-0.1, -0.05) is 30.3 Å². The van der Waals surface area contributed by atoms with Crippen molar-refractivity contribution in [3.63, 3.8) is 0 Å². The van der Waals surface area contributed by atoms with Crippen LogP contribution in [0.2, 0.25) is 0 Å². The van der Waals surface area contributed by atoms with Crippen LogP contribution in [0.4, 0.5) is 13.2 Å². The van der Waals surface area contributed by atoms with E-state index in [9.17, 15) is 18.0 Å². The minimum atomic E-state index is -3.02. The monoisotopic (exact) mass is 280 g/mol. The van der Waals surface area contributed by atoms with Crippen molar-refractivity contribution in [3.8, 4) is 5.75 Å². The van der Waals surface area contributed by atoms with Crippen LogP contribution in [0.5, 0.6) is 5.75 Å². The smallest absolute Gasteiger partial charge is 0.387 e. The first-order valence-corrected chi connectivity index (χ1v) is 5.88. The summed E-state index contributed by atoms with van der Waals surface area (Å²) in [5.41, 5.74) is 0.223. The van der Waals surface area contributed by atoms with Crippen LogP contribution < -0.4 is 4.74 Å². The maximum atomic E-state index is 13.5. The molecule has 0 aliphatic carbocycles. The zero-order valence-electron chi connectivity index (χ0n) is 10.4. The number of para-hydroxylation sites is 1. The Kier molecular flexibility index (Phi) is 4.40. The van der Waals surface area contributed by atoms with E-state index in [0.717, 1.165) is 0 Å². The second-order valence-corrected chi connectivity index (χ2v) is 4.07. The molecule has 0 heterocycles. The molecular weight excluding hydrogens is 269 g/mol. The molecule has 0 N–H and O–H groups in total. The summed E-state index contributed by atoms with van der Waals surface area (Å²) in [6.07, 6.45) is -0.212. The van der Waals surface area contributed by atoms with Gasteiger partial charge in [0.15, 0.2) is 5.78 Å². The van der Waals surface area contributed by atoms with Gasteiger partial charge < -0.3 is 4.74 Å². The summed E-state index contributed by atoms with van der Waals surface area (Å²) in [7, 11) is 0. The summed E-state index contributed by atoms with van der Waals surface area (Å²) in [5.74, 6) is -1.19. The topological polar surface area (TPSA) is 26.3 Å². The van der Waals surface area contributed by atoms with Crippen LogP contribution in [-0.4, -0.2) is 12.4 Å². The fourth-order valence-corrected chi connectivity index (χ4v) is 1.81. The molecule has 0 aromatic heterocycles. The van der Waals surface area contributed by atoms with Crippen LogP contribution in [0.1, 0.15) is 15.9 Å². The number of rotatable bonds is 5. The summed E-state index contributed by atoms with van der Waals surface area (Å²) in [5, 5.41) is 0. The molecule has 0 unspecified atom stereocenters. The predicted octanol–water partition coefficient (Wildman–Crippen LogP) is 3.85. The van der Waals surface area contributed by atoms with Crippen LogP contribution in [-0.2, 0) is 6.42 Å². The van der Waals surface area contributed by atoms with Gasteiger partial charge >= 0.3 is 6.61 Å². The number of alkyl halides is 2. The Morgan fingerprint density at radius 2 is 1.70 bits per heavy atom. The molecule has 0 saturated heterocycles. The van der Waals surface area contributed by atoms with Gasteiger partial charge in [-0.25, -0.2) is 4.39 Å². The molecule has 0 aliphatic heterocycles. The quantitative estimate of drug-likeness (QED) is 0.777. The van der Waals surface area contributed by atoms with Crippen molar-refractivity contribution in [2.75, 3.05) is 0 Å². The molecule has 0 saturated carbocycles. The van der Waals surface area contributed by atoms with E-state index in [-0.39, 0.29) is 23.3 Å². The maximum absolute atomic E-state index is 13.5. The summed E-state index contributed by atoms with van der Waals surface area (Å²) in [6.45, 7) is -3.02. The lowest BCUT2D eigenvalue weighted by molar-refractivity contribution is -0.0501. The number of halogens is 3. The number of benzene rings is 2. The highest BCUT2D eigenvalue weighted by atomic mass is 19.3. The van der Waals surface area contributed by atoms with Crippen molar-refractivity contribution in [3.05, 3.63) is 65.5 Å². The molecule has 0 spiro atoms. The molecule has 0 bridgehead atoms. The van der Waals surface area contributed by atoms with E-state index in [2.05, 4.69) is 4.74 Å². The average Bonchev–Trinajstić information content (AvgIpc) is 2.41. The van der Waals surface area contributed by atoms with E-state index < -0.39 is 18.2 Å². The molecule has 2 aromatic carbocycles. The van der Waals surface area contributed by atoms with Crippen LogP contribution in [0.25, 0.3) is 0 Å². The highest BCUT2D eigenvalue weighted by molar-refractivity contribution is 5.99. The van der Waals surface area contributed by atoms with E-state index in [4.69, 9.17) is 0 Å². The SMILES string of the molecule is O=C(Cc1ccccc1F)c1ccccc1OC(F)F. The first-order valence-electron chi connectivity index (χ1n) is 5.88. The number of carbonyl (C=O) groups excluding carboxylic acids is 1. The number of ketones is 1. The van der Waals surface area contributed by atoms with Crippen molar-refractivity contribution in [1.82, 2.24) is 0 Å². The Labute approximate surface area is 113 Å². The van der Waals surface area contributed by atoms with E-state index in [1.165, 1.54) is 42.5 Å². The first kappa shape index (κ1) is 14.1. The van der Waals surface area contributed by atoms with Gasteiger partial charge in [0, 0.05) is 6.42 Å². The van der Waals surface area contributed by atoms with Crippen molar-refractivity contribution >= 4 is 5.78 Å². The zero-order valence-corrected chi connectivity index (χ0v) is 10.4. The van der Waals surface area contributed by atoms with Gasteiger partial charge in [0.25, 0.3) is 0 Å². The van der Waals surface area contributed by atoms with Crippen LogP contribution in [0.15, 0.2) is 48.5 Å². The number of ether oxygens (including phenoxy) is 1. The van der Waals surface area contributed by atoms with Crippen molar-refractivity contribution in [1.29, 1.82) is 0 Å². The Hall–Kier alpha value is -2.30. The van der Waals surface area contributed by atoms with Crippen molar-refractivity contribution in [2.24, 2.45) is 0 Å². The van der Waals surface area contributed by atoms with Gasteiger partial charge in [-0.15, -0.1) is 0 Å². The maximum Gasteiger partial charge on any atom is 0.387 e. The minimum absolute atomic E-state index is 0.0102. The van der Waals surface area contributed by atoms with Crippen LogP contribution in [0, 0.1) is 5.82 Å². The van der Waals surface area contributed by atoms with Crippen molar-refractivity contribution < 1.29 is 22.7 Å². The Morgan fingerprint density at radius 3 is 2.40 bits per heavy atom. The summed E-state index contributed by atoms with van der Waals surface area (Å²) < 4.78 is 42.3. The van der Waals surface area contributed by atoms with E-state index in [0.29, 0.717) is 0 Å². The molecule has 2 aromatic rings. The van der Waals surface area contributed by atoms with Gasteiger partial charge in [-0.3, -0.25) is 4.79 Å². The fraction of sp³-hybridized carbons (Fsp3) is 0.133. The molecule has 0 fully saturated rings. The minimum Gasteiger partial charge on any atom is -0.434 e. The number of Topliss-reactive ketones (excluding diaryl/α,β-unsaturated/α-hetero) is 1. The molecule has 2 rings (SSSR count). The van der Waals surface area contributed by atoms with E-state index in [1.807, 2.05) is 0 Å². The summed E-state index contributed by atoms with van der Waals surface area (Å²) in [4.78, 5) is 12.1. The Bertz CT molecular complexity index is 612. The van der Waals surface area contributed by atoms with Gasteiger partial charge in [0.2, 0.25) is 0 Å². The second kappa shape index (κ2) is 6.23. The lowest BCUT2D eigenvalue weighted by atomic mass is 10.0. The van der Waals surface area contributed by atoms with Gasteiger partial charge in [-0.2, -0.15) is 8.78 Å². The molecule has 2 nitrogen and oxygen atoms in total. The number of carbonyl (C=O) groups is 1. The third-order valence-corrected chi connectivity index (χ3v) is 2.71. The molecule has 104 valence electrons. The predicted molar refractivity (Wildman–Crippen MR) is 67.5 cm³/mol. The fourth-order valence-electron chi connectivity index (χ4n) is 1.81. The lowest BCUT2D eigenvalue weighted by Crippen LogP contribution is -2.10. The zero-order chi connectivity index (χ0) is 14.5. The molecular formula is C15H11F3O2. The molecule has 0 radical (unpaired) electrons. The van der Waals surface area contributed by atoms with E-state index >= 15 is 0 Å². The molecule has 0 atom stereocenters. The standard InChI is InChI=1S/C15H11F3O2/c16-12-7-3-1-5-10(12)9-13(19)11-6-2-4-8-14(11)20-15(17)18/h1-8,15H,9H2. The number of hydrogen-bond donors (Lipinski definition) is 0. The molecule has 0 amide bonds. The largest absolute Gasteiger partial charge is 0.434 e. The average molecular weight is 280 g/mol. The molecule has 20 heavy (non-hydrogen) atoms. The Morgan fingerprint density at radius 1 is 1.05 bits per heavy atom.